The monoisotopic (exact) mass is 272 g/mol. The van der Waals surface area contributed by atoms with Crippen molar-refractivity contribution in [2.75, 3.05) is 29.9 Å². The minimum atomic E-state index is 0.614. The summed E-state index contributed by atoms with van der Waals surface area (Å²) in [4.78, 5) is 2.58. The molecular formula is C18H28N2. The fourth-order valence-electron chi connectivity index (χ4n) is 3.84. The SMILES string of the molecule is CCC1(CC)CCN(c2ccc3c(c2)NCCC3)CC1. The van der Waals surface area contributed by atoms with Gasteiger partial charge in [0.1, 0.15) is 0 Å². The minimum Gasteiger partial charge on any atom is -0.385 e. The van der Waals surface area contributed by atoms with E-state index in [1.54, 1.807) is 0 Å². The fraction of sp³-hybridized carbons (Fsp3) is 0.667. The van der Waals surface area contributed by atoms with Crippen LogP contribution in [0.3, 0.4) is 0 Å². The van der Waals surface area contributed by atoms with Crippen molar-refractivity contribution in [3.8, 4) is 0 Å². The first-order valence-corrected chi connectivity index (χ1v) is 8.38. The van der Waals surface area contributed by atoms with Crippen LogP contribution in [0.4, 0.5) is 11.4 Å². The van der Waals surface area contributed by atoms with Crippen molar-refractivity contribution in [3.63, 3.8) is 0 Å². The topological polar surface area (TPSA) is 15.3 Å². The molecule has 1 saturated heterocycles. The van der Waals surface area contributed by atoms with Crippen LogP contribution < -0.4 is 10.2 Å². The highest BCUT2D eigenvalue weighted by molar-refractivity contribution is 5.63. The smallest absolute Gasteiger partial charge is 0.0393 e. The van der Waals surface area contributed by atoms with E-state index in [9.17, 15) is 0 Å². The average Bonchev–Trinajstić information content (AvgIpc) is 2.54. The third-order valence-corrected chi connectivity index (χ3v) is 5.72. The Kier molecular flexibility index (Phi) is 3.91. The molecule has 0 amide bonds. The van der Waals surface area contributed by atoms with Gasteiger partial charge in [-0.3, -0.25) is 0 Å². The molecule has 110 valence electrons. The molecule has 0 spiro atoms. The second-order valence-corrected chi connectivity index (χ2v) is 6.57. The Hall–Kier alpha value is -1.18. The number of anilines is 2. The minimum absolute atomic E-state index is 0.614. The zero-order valence-corrected chi connectivity index (χ0v) is 13.0. The molecule has 2 heteroatoms. The van der Waals surface area contributed by atoms with E-state index in [0.717, 1.165) is 6.54 Å². The number of nitrogens with zero attached hydrogens (tertiary/aromatic N) is 1. The first-order valence-electron chi connectivity index (χ1n) is 8.38. The second kappa shape index (κ2) is 5.67. The highest BCUT2D eigenvalue weighted by Crippen LogP contribution is 2.39. The van der Waals surface area contributed by atoms with E-state index >= 15 is 0 Å². The summed E-state index contributed by atoms with van der Waals surface area (Å²) in [6, 6.07) is 7.04. The summed E-state index contributed by atoms with van der Waals surface area (Å²) in [6.07, 6.45) is 7.88. The first-order chi connectivity index (χ1) is 9.76. The van der Waals surface area contributed by atoms with Crippen molar-refractivity contribution in [1.82, 2.24) is 0 Å². The van der Waals surface area contributed by atoms with Crippen molar-refractivity contribution < 1.29 is 0 Å². The summed E-state index contributed by atoms with van der Waals surface area (Å²) in [5.41, 5.74) is 4.90. The fourth-order valence-corrected chi connectivity index (χ4v) is 3.84. The van der Waals surface area contributed by atoms with E-state index in [1.807, 2.05) is 0 Å². The van der Waals surface area contributed by atoms with Crippen LogP contribution >= 0.6 is 0 Å². The molecule has 1 fully saturated rings. The maximum atomic E-state index is 3.55. The molecule has 0 unspecified atom stereocenters. The standard InChI is InChI=1S/C18H28N2/c1-3-18(4-2)9-12-20(13-10-18)16-8-7-15-6-5-11-19-17(15)14-16/h7-8,14,19H,3-6,9-13H2,1-2H3. The lowest BCUT2D eigenvalue weighted by molar-refractivity contribution is 0.199. The van der Waals surface area contributed by atoms with Gasteiger partial charge in [0.25, 0.3) is 0 Å². The van der Waals surface area contributed by atoms with Gasteiger partial charge in [-0.05, 0) is 48.8 Å². The molecule has 1 aromatic rings. The lowest BCUT2D eigenvalue weighted by atomic mass is 9.74. The third kappa shape index (κ3) is 2.53. The van der Waals surface area contributed by atoms with E-state index in [4.69, 9.17) is 0 Å². The van der Waals surface area contributed by atoms with Crippen LogP contribution in [0.5, 0.6) is 0 Å². The number of piperidine rings is 1. The third-order valence-electron chi connectivity index (χ3n) is 5.72. The summed E-state index contributed by atoms with van der Waals surface area (Å²) >= 11 is 0. The van der Waals surface area contributed by atoms with Crippen LogP contribution in [0.1, 0.15) is 51.5 Å². The molecule has 0 radical (unpaired) electrons. The Bertz CT molecular complexity index is 452. The summed E-state index contributed by atoms with van der Waals surface area (Å²) < 4.78 is 0. The maximum absolute atomic E-state index is 3.55. The summed E-state index contributed by atoms with van der Waals surface area (Å²) in [6.45, 7) is 8.30. The van der Waals surface area contributed by atoms with Gasteiger partial charge >= 0.3 is 0 Å². The molecule has 0 aromatic heterocycles. The molecule has 2 heterocycles. The summed E-state index contributed by atoms with van der Waals surface area (Å²) in [7, 11) is 0. The van der Waals surface area contributed by atoms with Crippen LogP contribution in [-0.4, -0.2) is 19.6 Å². The van der Waals surface area contributed by atoms with Gasteiger partial charge in [0, 0.05) is 31.0 Å². The van der Waals surface area contributed by atoms with E-state index in [1.165, 1.54) is 68.6 Å². The molecule has 2 aliphatic rings. The van der Waals surface area contributed by atoms with Crippen LogP contribution in [0.25, 0.3) is 0 Å². The highest BCUT2D eigenvalue weighted by Gasteiger charge is 2.31. The van der Waals surface area contributed by atoms with Crippen molar-refractivity contribution >= 4 is 11.4 Å². The number of fused-ring (bicyclic) bond motifs is 1. The first kappa shape index (κ1) is 13.8. The van der Waals surface area contributed by atoms with Crippen LogP contribution in [-0.2, 0) is 6.42 Å². The second-order valence-electron chi connectivity index (χ2n) is 6.57. The molecule has 1 N–H and O–H groups in total. The number of nitrogens with one attached hydrogen (secondary N) is 1. The number of benzene rings is 1. The van der Waals surface area contributed by atoms with E-state index in [-0.39, 0.29) is 0 Å². The van der Waals surface area contributed by atoms with Crippen molar-refractivity contribution in [1.29, 1.82) is 0 Å². The highest BCUT2D eigenvalue weighted by atomic mass is 15.1. The molecule has 2 aliphatic heterocycles. The molecule has 0 bridgehead atoms. The average molecular weight is 272 g/mol. The van der Waals surface area contributed by atoms with Gasteiger partial charge in [-0.1, -0.05) is 32.8 Å². The lowest BCUT2D eigenvalue weighted by Crippen LogP contribution is -2.39. The van der Waals surface area contributed by atoms with Crippen LogP contribution in [0.2, 0.25) is 0 Å². The molecule has 3 rings (SSSR count). The van der Waals surface area contributed by atoms with Gasteiger partial charge in [0.05, 0.1) is 0 Å². The molecule has 0 saturated carbocycles. The summed E-state index contributed by atoms with van der Waals surface area (Å²) in [5.74, 6) is 0. The van der Waals surface area contributed by atoms with Crippen molar-refractivity contribution in [2.24, 2.45) is 5.41 Å². The molecule has 2 nitrogen and oxygen atoms in total. The number of hydrogen-bond acceptors (Lipinski definition) is 2. The molecular weight excluding hydrogens is 244 g/mol. The van der Waals surface area contributed by atoms with Gasteiger partial charge in [0.15, 0.2) is 0 Å². The molecule has 0 aliphatic carbocycles. The molecule has 20 heavy (non-hydrogen) atoms. The van der Waals surface area contributed by atoms with Crippen molar-refractivity contribution in [3.05, 3.63) is 23.8 Å². The number of hydrogen-bond donors (Lipinski definition) is 1. The van der Waals surface area contributed by atoms with Gasteiger partial charge in [-0.15, -0.1) is 0 Å². The van der Waals surface area contributed by atoms with Gasteiger partial charge in [-0.25, -0.2) is 0 Å². The molecule has 1 aromatic carbocycles. The largest absolute Gasteiger partial charge is 0.385 e. The quantitative estimate of drug-likeness (QED) is 0.874. The van der Waals surface area contributed by atoms with Gasteiger partial charge in [-0.2, -0.15) is 0 Å². The lowest BCUT2D eigenvalue weighted by Gasteiger charge is -2.42. The van der Waals surface area contributed by atoms with Gasteiger partial charge in [0.2, 0.25) is 0 Å². The Labute approximate surface area is 123 Å². The van der Waals surface area contributed by atoms with Crippen LogP contribution in [0, 0.1) is 5.41 Å². The normalized spacial score (nSPS) is 21.2. The zero-order chi connectivity index (χ0) is 14.0. The summed E-state index contributed by atoms with van der Waals surface area (Å²) in [5, 5.41) is 3.55. The van der Waals surface area contributed by atoms with E-state index in [2.05, 4.69) is 42.3 Å². The predicted molar refractivity (Wildman–Crippen MR) is 87.7 cm³/mol. The van der Waals surface area contributed by atoms with Crippen molar-refractivity contribution in [2.45, 2.75) is 52.4 Å². The number of aryl methyl sites for hydroxylation is 1. The zero-order valence-electron chi connectivity index (χ0n) is 13.0. The van der Waals surface area contributed by atoms with Gasteiger partial charge < -0.3 is 10.2 Å². The Morgan fingerprint density at radius 3 is 2.60 bits per heavy atom. The van der Waals surface area contributed by atoms with E-state index in [0.29, 0.717) is 5.41 Å². The predicted octanol–water partition coefficient (Wildman–Crippen LogP) is 4.45. The van der Waals surface area contributed by atoms with E-state index < -0.39 is 0 Å². The molecule has 0 atom stereocenters. The van der Waals surface area contributed by atoms with Crippen LogP contribution in [0.15, 0.2) is 18.2 Å². The number of rotatable bonds is 3. The Balaban J connectivity index is 1.72. The Morgan fingerprint density at radius 1 is 1.15 bits per heavy atom. The Morgan fingerprint density at radius 2 is 1.90 bits per heavy atom. The maximum Gasteiger partial charge on any atom is 0.0393 e.